The second-order valence-electron chi connectivity index (χ2n) is 6.92. The molecule has 2 fully saturated rings. The van der Waals surface area contributed by atoms with Crippen LogP contribution in [0, 0.1) is 5.92 Å². The van der Waals surface area contributed by atoms with Crippen LogP contribution in [-0.2, 0) is 4.79 Å². The van der Waals surface area contributed by atoms with E-state index >= 15 is 0 Å². The third-order valence-electron chi connectivity index (χ3n) is 4.90. The van der Waals surface area contributed by atoms with Gasteiger partial charge in [0.1, 0.15) is 11.9 Å². The minimum absolute atomic E-state index is 0.0977. The molecule has 0 bridgehead atoms. The lowest BCUT2D eigenvalue weighted by atomic mass is 9.90. The van der Waals surface area contributed by atoms with E-state index in [-0.39, 0.29) is 11.8 Å². The van der Waals surface area contributed by atoms with Gasteiger partial charge in [-0.15, -0.1) is 0 Å². The SMILES string of the molecule is O=C(NC1CC1)C(O)C1CCN(CCCOc2ccccc2)CC1. The van der Waals surface area contributed by atoms with Crippen molar-refractivity contribution in [3.63, 3.8) is 0 Å². The molecule has 1 saturated carbocycles. The Labute approximate surface area is 144 Å². The van der Waals surface area contributed by atoms with Crippen molar-refractivity contribution in [2.45, 2.75) is 44.2 Å². The number of aliphatic hydroxyl groups excluding tert-OH is 1. The molecule has 132 valence electrons. The molecule has 5 nitrogen and oxygen atoms in total. The zero-order valence-electron chi connectivity index (χ0n) is 14.2. The summed E-state index contributed by atoms with van der Waals surface area (Å²) in [5, 5.41) is 13.1. The zero-order chi connectivity index (χ0) is 16.8. The van der Waals surface area contributed by atoms with E-state index < -0.39 is 6.10 Å². The average molecular weight is 332 g/mol. The lowest BCUT2D eigenvalue weighted by molar-refractivity contribution is -0.133. The topological polar surface area (TPSA) is 61.8 Å². The predicted octanol–water partition coefficient (Wildman–Crippen LogP) is 1.81. The quantitative estimate of drug-likeness (QED) is 0.713. The molecule has 1 aliphatic heterocycles. The van der Waals surface area contributed by atoms with E-state index in [0.29, 0.717) is 6.04 Å². The maximum Gasteiger partial charge on any atom is 0.249 e. The molecule has 2 N–H and O–H groups in total. The van der Waals surface area contributed by atoms with Gasteiger partial charge in [0.25, 0.3) is 0 Å². The van der Waals surface area contributed by atoms with Crippen molar-refractivity contribution in [1.82, 2.24) is 10.2 Å². The molecule has 2 aliphatic rings. The molecule has 0 spiro atoms. The van der Waals surface area contributed by atoms with Crippen LogP contribution in [0.15, 0.2) is 30.3 Å². The largest absolute Gasteiger partial charge is 0.494 e. The summed E-state index contributed by atoms with van der Waals surface area (Å²) in [4.78, 5) is 14.3. The van der Waals surface area contributed by atoms with Crippen LogP contribution in [0.3, 0.4) is 0 Å². The van der Waals surface area contributed by atoms with Crippen LogP contribution < -0.4 is 10.1 Å². The number of likely N-dealkylation sites (tertiary alicyclic amines) is 1. The van der Waals surface area contributed by atoms with E-state index in [4.69, 9.17) is 4.74 Å². The molecule has 1 aromatic carbocycles. The molecular formula is C19H28N2O3. The fourth-order valence-electron chi connectivity index (χ4n) is 3.22. The highest BCUT2D eigenvalue weighted by Crippen LogP contribution is 2.23. The van der Waals surface area contributed by atoms with Crippen LogP contribution in [0.5, 0.6) is 5.75 Å². The number of amides is 1. The van der Waals surface area contributed by atoms with Crippen molar-refractivity contribution >= 4 is 5.91 Å². The van der Waals surface area contributed by atoms with E-state index in [9.17, 15) is 9.90 Å². The molecule has 24 heavy (non-hydrogen) atoms. The van der Waals surface area contributed by atoms with Crippen molar-refractivity contribution in [2.75, 3.05) is 26.2 Å². The number of carbonyl (C=O) groups is 1. The maximum atomic E-state index is 11.9. The van der Waals surface area contributed by atoms with Gasteiger partial charge in [-0.3, -0.25) is 4.79 Å². The first-order valence-electron chi connectivity index (χ1n) is 9.11. The lowest BCUT2D eigenvalue weighted by Gasteiger charge is -2.33. The van der Waals surface area contributed by atoms with E-state index in [0.717, 1.165) is 64.1 Å². The van der Waals surface area contributed by atoms with Gasteiger partial charge in [0.2, 0.25) is 5.91 Å². The molecule has 1 aromatic rings. The third kappa shape index (κ3) is 5.21. The van der Waals surface area contributed by atoms with Crippen LogP contribution >= 0.6 is 0 Å². The Morgan fingerprint density at radius 3 is 2.58 bits per heavy atom. The Morgan fingerprint density at radius 2 is 1.92 bits per heavy atom. The van der Waals surface area contributed by atoms with E-state index in [1.807, 2.05) is 30.3 Å². The van der Waals surface area contributed by atoms with Crippen molar-refractivity contribution in [1.29, 1.82) is 0 Å². The van der Waals surface area contributed by atoms with Crippen LogP contribution in [0.2, 0.25) is 0 Å². The minimum atomic E-state index is -0.839. The van der Waals surface area contributed by atoms with Gasteiger partial charge in [-0.05, 0) is 63.2 Å². The van der Waals surface area contributed by atoms with Gasteiger partial charge in [-0.25, -0.2) is 0 Å². The highest BCUT2D eigenvalue weighted by atomic mass is 16.5. The molecule has 5 heteroatoms. The first-order chi connectivity index (χ1) is 11.7. The smallest absolute Gasteiger partial charge is 0.249 e. The summed E-state index contributed by atoms with van der Waals surface area (Å²) in [7, 11) is 0. The first kappa shape index (κ1) is 17.2. The number of para-hydroxylation sites is 1. The zero-order valence-corrected chi connectivity index (χ0v) is 14.2. The number of nitrogens with zero attached hydrogens (tertiary/aromatic N) is 1. The Hall–Kier alpha value is -1.59. The van der Waals surface area contributed by atoms with Crippen LogP contribution in [0.4, 0.5) is 0 Å². The van der Waals surface area contributed by atoms with Crippen molar-refractivity contribution in [3.05, 3.63) is 30.3 Å². The fourth-order valence-corrected chi connectivity index (χ4v) is 3.22. The second-order valence-corrected chi connectivity index (χ2v) is 6.92. The number of nitrogens with one attached hydrogen (secondary N) is 1. The Kier molecular flexibility index (Phi) is 6.10. The monoisotopic (exact) mass is 332 g/mol. The average Bonchev–Trinajstić information content (AvgIpc) is 3.43. The summed E-state index contributed by atoms with van der Waals surface area (Å²) in [5.41, 5.74) is 0. The van der Waals surface area contributed by atoms with Crippen molar-refractivity contribution in [2.24, 2.45) is 5.92 Å². The summed E-state index contributed by atoms with van der Waals surface area (Å²) in [6, 6.07) is 10.2. The highest BCUT2D eigenvalue weighted by Gasteiger charge is 2.32. The van der Waals surface area contributed by atoms with Gasteiger partial charge >= 0.3 is 0 Å². The predicted molar refractivity (Wildman–Crippen MR) is 92.9 cm³/mol. The normalized spacial score (nSPS) is 20.5. The Morgan fingerprint density at radius 1 is 1.21 bits per heavy atom. The summed E-state index contributed by atoms with van der Waals surface area (Å²) < 4.78 is 5.71. The second kappa shape index (κ2) is 8.49. The Bertz CT molecular complexity index is 511. The minimum Gasteiger partial charge on any atom is -0.494 e. The fraction of sp³-hybridized carbons (Fsp3) is 0.632. The Balaban J connectivity index is 1.29. The number of rotatable bonds is 8. The number of piperidine rings is 1. The summed E-state index contributed by atoms with van der Waals surface area (Å²) in [5.74, 6) is 0.841. The van der Waals surface area contributed by atoms with Gasteiger partial charge in [-0.1, -0.05) is 18.2 Å². The number of benzene rings is 1. The molecular weight excluding hydrogens is 304 g/mol. The van der Waals surface area contributed by atoms with Gasteiger partial charge < -0.3 is 20.1 Å². The lowest BCUT2D eigenvalue weighted by Crippen LogP contribution is -2.45. The standard InChI is InChI=1S/C19H28N2O3/c22-18(19(23)20-16-7-8-16)15-9-12-21(13-10-15)11-4-14-24-17-5-2-1-3-6-17/h1-3,5-6,15-16,18,22H,4,7-14H2,(H,20,23). The third-order valence-corrected chi connectivity index (χ3v) is 4.90. The first-order valence-corrected chi connectivity index (χ1v) is 9.11. The summed E-state index contributed by atoms with van der Waals surface area (Å²) in [6.45, 7) is 3.62. The molecule has 0 aromatic heterocycles. The molecule has 0 radical (unpaired) electrons. The number of ether oxygens (including phenoxy) is 1. The van der Waals surface area contributed by atoms with Crippen molar-refractivity contribution < 1.29 is 14.6 Å². The molecule has 1 unspecified atom stereocenters. The molecule has 1 saturated heterocycles. The number of hydrogen-bond donors (Lipinski definition) is 2. The van der Waals surface area contributed by atoms with Crippen LogP contribution in [0.1, 0.15) is 32.1 Å². The van der Waals surface area contributed by atoms with E-state index in [1.54, 1.807) is 0 Å². The molecule has 1 aliphatic carbocycles. The van der Waals surface area contributed by atoms with Crippen molar-refractivity contribution in [3.8, 4) is 5.75 Å². The maximum absolute atomic E-state index is 11.9. The highest BCUT2D eigenvalue weighted by molar-refractivity contribution is 5.81. The number of carbonyl (C=O) groups excluding carboxylic acids is 1. The molecule has 3 rings (SSSR count). The van der Waals surface area contributed by atoms with Crippen LogP contribution in [0.25, 0.3) is 0 Å². The van der Waals surface area contributed by atoms with Gasteiger partial charge in [0.15, 0.2) is 0 Å². The molecule has 1 heterocycles. The van der Waals surface area contributed by atoms with E-state index in [1.165, 1.54) is 0 Å². The number of aliphatic hydroxyl groups is 1. The molecule has 1 amide bonds. The summed E-state index contributed by atoms with van der Waals surface area (Å²) in [6.07, 6.45) is 4.04. The van der Waals surface area contributed by atoms with Crippen LogP contribution in [-0.4, -0.2) is 54.3 Å². The van der Waals surface area contributed by atoms with Gasteiger partial charge in [0, 0.05) is 12.6 Å². The van der Waals surface area contributed by atoms with Gasteiger partial charge in [-0.2, -0.15) is 0 Å². The van der Waals surface area contributed by atoms with E-state index in [2.05, 4.69) is 10.2 Å². The summed E-state index contributed by atoms with van der Waals surface area (Å²) >= 11 is 0. The molecule has 1 atom stereocenters. The number of hydrogen-bond acceptors (Lipinski definition) is 4. The van der Waals surface area contributed by atoms with Gasteiger partial charge in [0.05, 0.1) is 6.61 Å².